The monoisotopic (exact) mass is 302 g/mol. The van der Waals surface area contributed by atoms with Crippen molar-refractivity contribution in [2.24, 2.45) is 7.05 Å². The molecule has 1 heterocycles. The maximum Gasteiger partial charge on any atom is 0.256 e. The van der Waals surface area contributed by atoms with Gasteiger partial charge in [-0.2, -0.15) is 10.4 Å². The van der Waals surface area contributed by atoms with E-state index in [0.717, 1.165) is 11.1 Å². The van der Waals surface area contributed by atoms with Crippen LogP contribution in [0.25, 0.3) is 11.1 Å². The van der Waals surface area contributed by atoms with Crippen LogP contribution in [0, 0.1) is 11.3 Å². The fraction of sp³-hybridized carbons (Fsp3) is 0.0556. The van der Waals surface area contributed by atoms with Gasteiger partial charge in [0, 0.05) is 18.2 Å². The molecule has 112 valence electrons. The van der Waals surface area contributed by atoms with E-state index >= 15 is 0 Å². The summed E-state index contributed by atoms with van der Waals surface area (Å²) in [6.07, 6.45) is 1.72. The molecule has 0 unspecified atom stereocenters. The zero-order valence-electron chi connectivity index (χ0n) is 12.5. The van der Waals surface area contributed by atoms with Crippen LogP contribution in [-0.2, 0) is 7.05 Å². The number of carbonyl (C=O) groups excluding carboxylic acids is 1. The van der Waals surface area contributed by atoms with E-state index in [1.807, 2.05) is 36.4 Å². The summed E-state index contributed by atoms with van der Waals surface area (Å²) in [5.41, 5.74) is 2.70. The SMILES string of the molecule is Cn1ncc(-c2ccccc2)c1NC(=O)c1cccc(C#N)c1. The minimum atomic E-state index is -0.275. The van der Waals surface area contributed by atoms with Crippen molar-refractivity contribution in [3.8, 4) is 17.2 Å². The van der Waals surface area contributed by atoms with E-state index in [0.29, 0.717) is 16.9 Å². The van der Waals surface area contributed by atoms with Crippen LogP contribution in [0.2, 0.25) is 0 Å². The minimum Gasteiger partial charge on any atom is -0.306 e. The molecule has 1 aromatic heterocycles. The van der Waals surface area contributed by atoms with Crippen molar-refractivity contribution in [3.05, 3.63) is 71.9 Å². The quantitative estimate of drug-likeness (QED) is 0.807. The number of hydrogen-bond acceptors (Lipinski definition) is 3. The molecule has 0 saturated heterocycles. The van der Waals surface area contributed by atoms with Gasteiger partial charge in [-0.1, -0.05) is 36.4 Å². The lowest BCUT2D eigenvalue weighted by Crippen LogP contribution is -2.15. The van der Waals surface area contributed by atoms with E-state index in [4.69, 9.17) is 5.26 Å². The van der Waals surface area contributed by atoms with Gasteiger partial charge in [-0.25, -0.2) is 0 Å². The molecule has 0 saturated carbocycles. The third kappa shape index (κ3) is 2.97. The van der Waals surface area contributed by atoms with Crippen LogP contribution in [0.3, 0.4) is 0 Å². The van der Waals surface area contributed by atoms with Gasteiger partial charge < -0.3 is 5.32 Å². The van der Waals surface area contributed by atoms with Crippen molar-refractivity contribution in [2.75, 3.05) is 5.32 Å². The second-order valence-electron chi connectivity index (χ2n) is 5.04. The number of carbonyl (C=O) groups is 1. The predicted molar refractivity (Wildman–Crippen MR) is 87.8 cm³/mol. The number of nitriles is 1. The second kappa shape index (κ2) is 6.16. The molecule has 2 aromatic carbocycles. The number of rotatable bonds is 3. The van der Waals surface area contributed by atoms with Crippen LogP contribution in [-0.4, -0.2) is 15.7 Å². The topological polar surface area (TPSA) is 70.7 Å². The van der Waals surface area contributed by atoms with Crippen LogP contribution in [0.4, 0.5) is 5.82 Å². The number of anilines is 1. The number of hydrogen-bond donors (Lipinski definition) is 1. The number of amides is 1. The zero-order chi connectivity index (χ0) is 16.2. The second-order valence-corrected chi connectivity index (χ2v) is 5.04. The molecule has 0 aliphatic heterocycles. The van der Waals surface area contributed by atoms with Crippen molar-refractivity contribution in [1.82, 2.24) is 9.78 Å². The van der Waals surface area contributed by atoms with Crippen LogP contribution < -0.4 is 5.32 Å². The Morgan fingerprint density at radius 3 is 2.70 bits per heavy atom. The standard InChI is InChI=1S/C18H14N4O/c1-22-17(16(12-20-22)14-7-3-2-4-8-14)21-18(23)15-9-5-6-13(10-15)11-19/h2-10,12H,1H3,(H,21,23). The Hall–Kier alpha value is -3.39. The van der Waals surface area contributed by atoms with E-state index in [-0.39, 0.29) is 5.91 Å². The molecule has 1 N–H and O–H groups in total. The molecule has 5 heteroatoms. The highest BCUT2D eigenvalue weighted by molar-refractivity contribution is 6.05. The van der Waals surface area contributed by atoms with Crippen molar-refractivity contribution in [1.29, 1.82) is 5.26 Å². The lowest BCUT2D eigenvalue weighted by Gasteiger charge is -2.09. The largest absolute Gasteiger partial charge is 0.306 e. The summed E-state index contributed by atoms with van der Waals surface area (Å²) in [5.74, 6) is 0.339. The fourth-order valence-corrected chi connectivity index (χ4v) is 2.32. The van der Waals surface area contributed by atoms with Crippen LogP contribution in [0.5, 0.6) is 0 Å². The maximum atomic E-state index is 12.5. The molecule has 0 aliphatic rings. The molecule has 5 nitrogen and oxygen atoms in total. The van der Waals surface area contributed by atoms with Gasteiger partial charge >= 0.3 is 0 Å². The summed E-state index contributed by atoms with van der Waals surface area (Å²) >= 11 is 0. The van der Waals surface area contributed by atoms with Gasteiger partial charge in [0.1, 0.15) is 5.82 Å². The highest BCUT2D eigenvalue weighted by atomic mass is 16.1. The third-order valence-corrected chi connectivity index (χ3v) is 3.51. The van der Waals surface area contributed by atoms with Gasteiger partial charge in [0.25, 0.3) is 5.91 Å². The Balaban J connectivity index is 1.93. The molecule has 0 bridgehead atoms. The Bertz CT molecular complexity index is 891. The van der Waals surface area contributed by atoms with E-state index < -0.39 is 0 Å². The highest BCUT2D eigenvalue weighted by Crippen LogP contribution is 2.27. The van der Waals surface area contributed by atoms with Gasteiger partial charge in [-0.05, 0) is 23.8 Å². The molecule has 0 spiro atoms. The summed E-state index contributed by atoms with van der Waals surface area (Å²) in [4.78, 5) is 12.5. The fourth-order valence-electron chi connectivity index (χ4n) is 2.32. The van der Waals surface area contributed by atoms with Crippen molar-refractivity contribution >= 4 is 11.7 Å². The number of benzene rings is 2. The Labute approximate surface area is 133 Å². The lowest BCUT2D eigenvalue weighted by atomic mass is 10.1. The molecule has 23 heavy (non-hydrogen) atoms. The number of aryl methyl sites for hydroxylation is 1. The average Bonchev–Trinajstić information content (AvgIpc) is 2.96. The summed E-state index contributed by atoms with van der Waals surface area (Å²) in [7, 11) is 1.77. The molecule has 0 fully saturated rings. The predicted octanol–water partition coefficient (Wildman–Crippen LogP) is 3.21. The first-order valence-corrected chi connectivity index (χ1v) is 7.08. The Kier molecular flexibility index (Phi) is 3.89. The number of nitrogens with one attached hydrogen (secondary N) is 1. The van der Waals surface area contributed by atoms with Crippen LogP contribution in [0.15, 0.2) is 60.8 Å². The summed E-state index contributed by atoms with van der Waals surface area (Å²) < 4.78 is 1.62. The third-order valence-electron chi connectivity index (χ3n) is 3.51. The molecule has 1 amide bonds. The minimum absolute atomic E-state index is 0.275. The van der Waals surface area contributed by atoms with Gasteiger partial charge in [0.15, 0.2) is 0 Å². The average molecular weight is 302 g/mol. The smallest absolute Gasteiger partial charge is 0.256 e. The van der Waals surface area contributed by atoms with Gasteiger partial charge in [0.2, 0.25) is 0 Å². The number of aromatic nitrogens is 2. The van der Waals surface area contributed by atoms with E-state index in [2.05, 4.69) is 10.4 Å². The van der Waals surface area contributed by atoms with Gasteiger partial charge in [-0.3, -0.25) is 9.48 Å². The Morgan fingerprint density at radius 2 is 1.96 bits per heavy atom. The zero-order valence-corrected chi connectivity index (χ0v) is 12.5. The lowest BCUT2D eigenvalue weighted by molar-refractivity contribution is 0.102. The normalized spacial score (nSPS) is 10.1. The molecular formula is C18H14N4O. The summed E-state index contributed by atoms with van der Waals surface area (Å²) in [6, 6.07) is 18.4. The first-order chi connectivity index (χ1) is 11.2. The highest BCUT2D eigenvalue weighted by Gasteiger charge is 2.14. The maximum absolute atomic E-state index is 12.5. The molecule has 3 aromatic rings. The van der Waals surface area contributed by atoms with Gasteiger partial charge in [0.05, 0.1) is 17.8 Å². The summed E-state index contributed by atoms with van der Waals surface area (Å²) in [5, 5.41) is 16.0. The number of nitrogens with zero attached hydrogens (tertiary/aromatic N) is 3. The summed E-state index contributed by atoms with van der Waals surface area (Å²) in [6.45, 7) is 0. The molecule has 0 aliphatic carbocycles. The van der Waals surface area contributed by atoms with Crippen LogP contribution in [0.1, 0.15) is 15.9 Å². The van der Waals surface area contributed by atoms with Crippen LogP contribution >= 0.6 is 0 Å². The van der Waals surface area contributed by atoms with Crippen molar-refractivity contribution in [2.45, 2.75) is 0 Å². The first-order valence-electron chi connectivity index (χ1n) is 7.08. The van der Waals surface area contributed by atoms with E-state index in [1.54, 1.807) is 42.2 Å². The molecule has 0 radical (unpaired) electrons. The Morgan fingerprint density at radius 1 is 1.17 bits per heavy atom. The molecule has 0 atom stereocenters. The van der Waals surface area contributed by atoms with Gasteiger partial charge in [-0.15, -0.1) is 0 Å². The first kappa shape index (κ1) is 14.5. The molecular weight excluding hydrogens is 288 g/mol. The van der Waals surface area contributed by atoms with E-state index in [1.165, 1.54) is 0 Å². The van der Waals surface area contributed by atoms with E-state index in [9.17, 15) is 4.79 Å². The van der Waals surface area contributed by atoms with Crippen molar-refractivity contribution in [3.63, 3.8) is 0 Å². The molecule has 3 rings (SSSR count). The van der Waals surface area contributed by atoms with Crippen molar-refractivity contribution < 1.29 is 4.79 Å².